The van der Waals surface area contributed by atoms with Gasteiger partial charge >= 0.3 is 0 Å². The fraction of sp³-hybridized carbons (Fsp3) is 0.360. The lowest BCUT2D eigenvalue weighted by Crippen LogP contribution is -2.47. The lowest BCUT2D eigenvalue weighted by atomic mass is 9.62. The van der Waals surface area contributed by atoms with Crippen LogP contribution >= 0.6 is 0 Å². The molecular weight excluding hydrogens is 412 g/mol. The zero-order valence-corrected chi connectivity index (χ0v) is 17.8. The van der Waals surface area contributed by atoms with Crippen molar-refractivity contribution >= 4 is 6.08 Å². The van der Waals surface area contributed by atoms with Gasteiger partial charge in [0.1, 0.15) is 11.6 Å². The summed E-state index contributed by atoms with van der Waals surface area (Å²) in [5, 5.41) is 27.2. The molecule has 0 saturated heterocycles. The van der Waals surface area contributed by atoms with Crippen molar-refractivity contribution in [3.8, 4) is 5.69 Å². The first-order valence-corrected chi connectivity index (χ1v) is 10.9. The van der Waals surface area contributed by atoms with Gasteiger partial charge in [0.2, 0.25) is 0 Å². The third kappa shape index (κ3) is 3.19. The van der Waals surface area contributed by atoms with E-state index >= 15 is 0 Å². The van der Waals surface area contributed by atoms with Crippen LogP contribution in [0.2, 0.25) is 0 Å². The highest BCUT2D eigenvalue weighted by molar-refractivity contribution is 5.63. The van der Waals surface area contributed by atoms with Gasteiger partial charge in [0.25, 0.3) is 0 Å². The molecule has 0 aliphatic heterocycles. The minimum absolute atomic E-state index is 0.102. The molecule has 166 valence electrons. The summed E-state index contributed by atoms with van der Waals surface area (Å²) in [6.45, 7) is 2.05. The lowest BCUT2D eigenvalue weighted by Gasteiger charge is -2.45. The molecule has 7 heteroatoms. The Kier molecular flexibility index (Phi) is 4.98. The fourth-order valence-electron chi connectivity index (χ4n) is 5.59. The van der Waals surface area contributed by atoms with E-state index in [0.29, 0.717) is 31.2 Å². The molecule has 2 heterocycles. The van der Waals surface area contributed by atoms with E-state index in [0.717, 1.165) is 28.7 Å². The van der Waals surface area contributed by atoms with Gasteiger partial charge in [-0.3, -0.25) is 4.98 Å². The van der Waals surface area contributed by atoms with Crippen molar-refractivity contribution in [3.63, 3.8) is 0 Å². The molecule has 0 radical (unpaired) electrons. The zero-order valence-electron chi connectivity index (χ0n) is 17.8. The summed E-state index contributed by atoms with van der Waals surface area (Å²) >= 11 is 0. The van der Waals surface area contributed by atoms with E-state index < -0.39 is 22.9 Å². The summed E-state index contributed by atoms with van der Waals surface area (Å²) < 4.78 is 28.8. The van der Waals surface area contributed by atoms with Crippen LogP contribution in [0.3, 0.4) is 0 Å². The molecule has 2 aromatic heterocycles. The van der Waals surface area contributed by atoms with E-state index in [4.69, 9.17) is 0 Å². The monoisotopic (exact) mass is 437 g/mol. The largest absolute Gasteiger partial charge is 0.389 e. The number of aliphatic hydroxyl groups excluding tert-OH is 1. The van der Waals surface area contributed by atoms with Crippen LogP contribution in [-0.4, -0.2) is 30.6 Å². The van der Waals surface area contributed by atoms with Crippen LogP contribution in [-0.2, 0) is 6.42 Å². The summed E-state index contributed by atoms with van der Waals surface area (Å²) in [4.78, 5) is 3.83. The Morgan fingerprint density at radius 3 is 2.62 bits per heavy atom. The van der Waals surface area contributed by atoms with Crippen LogP contribution in [0.1, 0.15) is 55.5 Å². The smallest absolute Gasteiger partial charge is 0.141 e. The molecule has 2 aliphatic rings. The molecule has 1 fully saturated rings. The predicted octanol–water partition coefficient (Wildman–Crippen LogP) is 4.53. The number of aliphatic hydroxyl groups is 2. The number of hydrogen-bond donors (Lipinski definition) is 2. The Labute approximate surface area is 185 Å². The first kappa shape index (κ1) is 21.0. The SMILES string of the molecule is CC[C@]12Cc3cnn(-c4ccc(F)cc4)c3C=C1CC[C@@]2(O)CC(O)c1cncc(F)c1. The normalized spacial score (nSPS) is 25.2. The van der Waals surface area contributed by atoms with Crippen molar-refractivity contribution < 1.29 is 19.0 Å². The van der Waals surface area contributed by atoms with E-state index in [-0.39, 0.29) is 12.2 Å². The molecule has 3 aromatic rings. The third-order valence-corrected chi connectivity index (χ3v) is 7.32. The molecule has 32 heavy (non-hydrogen) atoms. The first-order chi connectivity index (χ1) is 15.3. The number of nitrogens with zero attached hydrogens (tertiary/aromatic N) is 3. The third-order valence-electron chi connectivity index (χ3n) is 7.32. The molecule has 5 nitrogen and oxygen atoms in total. The Hall–Kier alpha value is -2.90. The van der Waals surface area contributed by atoms with Crippen molar-refractivity contribution in [3.05, 3.63) is 83.0 Å². The van der Waals surface area contributed by atoms with Gasteiger partial charge in [-0.1, -0.05) is 12.5 Å². The predicted molar refractivity (Wildman–Crippen MR) is 116 cm³/mol. The van der Waals surface area contributed by atoms with Crippen LogP contribution in [0.5, 0.6) is 0 Å². The summed E-state index contributed by atoms with van der Waals surface area (Å²) in [5.41, 5.74) is 2.53. The van der Waals surface area contributed by atoms with Gasteiger partial charge in [-0.15, -0.1) is 0 Å². The summed E-state index contributed by atoms with van der Waals surface area (Å²) in [6, 6.07) is 7.46. The second-order valence-corrected chi connectivity index (χ2v) is 8.91. The number of rotatable bonds is 5. The summed E-state index contributed by atoms with van der Waals surface area (Å²) in [7, 11) is 0. The average Bonchev–Trinajstić information content (AvgIpc) is 3.31. The van der Waals surface area contributed by atoms with Gasteiger partial charge in [0.05, 0.1) is 35.5 Å². The molecule has 1 aromatic carbocycles. The molecular formula is C25H25F2N3O2. The van der Waals surface area contributed by atoms with Gasteiger partial charge in [-0.05, 0) is 67.7 Å². The van der Waals surface area contributed by atoms with Gasteiger partial charge in [0.15, 0.2) is 0 Å². The summed E-state index contributed by atoms with van der Waals surface area (Å²) in [6.07, 6.45) is 8.01. The number of halogens is 2. The van der Waals surface area contributed by atoms with E-state index in [1.54, 1.807) is 23.0 Å². The second-order valence-electron chi connectivity index (χ2n) is 8.91. The lowest BCUT2D eigenvalue weighted by molar-refractivity contribution is -0.0829. The van der Waals surface area contributed by atoms with Crippen molar-refractivity contribution in [2.75, 3.05) is 0 Å². The highest BCUT2D eigenvalue weighted by atomic mass is 19.1. The van der Waals surface area contributed by atoms with E-state index in [1.165, 1.54) is 24.4 Å². The highest BCUT2D eigenvalue weighted by Crippen LogP contribution is 2.59. The van der Waals surface area contributed by atoms with Crippen LogP contribution in [0.15, 0.2) is 54.5 Å². The first-order valence-electron chi connectivity index (χ1n) is 10.9. The standard InChI is InChI=1S/C25H25F2N3O2/c1-2-24-11-17-14-29-30(21-5-3-19(26)4-6-21)22(17)10-18(24)7-8-25(24,32)12-23(31)16-9-20(27)15-28-13-16/h3-6,9-10,13-15,23,31-32H,2,7-8,11-12H2,1H3/t23?,24-,25+/m0/s1. The van der Waals surface area contributed by atoms with Crippen molar-refractivity contribution in [1.29, 1.82) is 0 Å². The number of hydrogen-bond acceptors (Lipinski definition) is 4. The molecule has 3 atom stereocenters. The molecule has 2 N–H and O–H groups in total. The van der Waals surface area contributed by atoms with Crippen LogP contribution in [0, 0.1) is 17.0 Å². The van der Waals surface area contributed by atoms with Gasteiger partial charge in [-0.25, -0.2) is 13.5 Å². The summed E-state index contributed by atoms with van der Waals surface area (Å²) in [5.74, 6) is -0.813. The Morgan fingerprint density at radius 1 is 1.12 bits per heavy atom. The van der Waals surface area contributed by atoms with Gasteiger partial charge in [-0.2, -0.15) is 5.10 Å². The number of pyridine rings is 1. The molecule has 0 bridgehead atoms. The molecule has 1 unspecified atom stereocenters. The van der Waals surface area contributed by atoms with Crippen LogP contribution in [0.4, 0.5) is 8.78 Å². The minimum Gasteiger partial charge on any atom is -0.389 e. The van der Waals surface area contributed by atoms with Crippen molar-refractivity contribution in [1.82, 2.24) is 14.8 Å². The molecule has 0 spiro atoms. The Bertz CT molecular complexity index is 1190. The van der Waals surface area contributed by atoms with Crippen molar-refractivity contribution in [2.45, 2.75) is 50.7 Å². The fourth-order valence-corrected chi connectivity index (χ4v) is 5.59. The second kappa shape index (κ2) is 7.60. The van der Waals surface area contributed by atoms with E-state index in [9.17, 15) is 19.0 Å². The van der Waals surface area contributed by atoms with Crippen LogP contribution in [0.25, 0.3) is 11.8 Å². The minimum atomic E-state index is -1.14. The van der Waals surface area contributed by atoms with Crippen molar-refractivity contribution in [2.24, 2.45) is 5.41 Å². The molecule has 2 aliphatic carbocycles. The average molecular weight is 437 g/mol. The van der Waals surface area contributed by atoms with E-state index in [1.807, 2.05) is 0 Å². The van der Waals surface area contributed by atoms with Gasteiger partial charge in [0, 0.05) is 23.6 Å². The number of aromatic nitrogens is 3. The maximum absolute atomic E-state index is 13.6. The zero-order chi connectivity index (χ0) is 22.5. The Morgan fingerprint density at radius 2 is 1.91 bits per heavy atom. The maximum Gasteiger partial charge on any atom is 0.141 e. The molecule has 5 rings (SSSR count). The Balaban J connectivity index is 1.49. The quantitative estimate of drug-likeness (QED) is 0.615. The van der Waals surface area contributed by atoms with Crippen LogP contribution < -0.4 is 0 Å². The number of benzene rings is 1. The molecule has 1 saturated carbocycles. The maximum atomic E-state index is 13.6. The van der Waals surface area contributed by atoms with E-state index in [2.05, 4.69) is 23.1 Å². The highest BCUT2D eigenvalue weighted by Gasteiger charge is 2.57. The topological polar surface area (TPSA) is 71.2 Å². The number of fused-ring (bicyclic) bond motifs is 2. The molecule has 0 amide bonds. The van der Waals surface area contributed by atoms with Gasteiger partial charge < -0.3 is 10.2 Å².